The van der Waals surface area contributed by atoms with Crippen molar-refractivity contribution in [3.05, 3.63) is 65.2 Å². The fourth-order valence-corrected chi connectivity index (χ4v) is 1.81. The van der Waals surface area contributed by atoms with Gasteiger partial charge in [0.15, 0.2) is 0 Å². The molecule has 0 radical (unpaired) electrons. The van der Waals surface area contributed by atoms with E-state index >= 15 is 0 Å². The summed E-state index contributed by atoms with van der Waals surface area (Å²) in [6.45, 7) is 1.97. The molecule has 0 spiro atoms. The molecule has 0 aliphatic rings. The minimum absolute atomic E-state index is 0.115. The van der Waals surface area contributed by atoms with E-state index in [1.165, 1.54) is 24.3 Å². The highest BCUT2D eigenvalue weighted by atomic mass is 19.1. The second-order valence-electron chi connectivity index (χ2n) is 4.44. The van der Waals surface area contributed by atoms with Gasteiger partial charge in [-0.05, 0) is 42.3 Å². The molecule has 2 aromatic rings. The summed E-state index contributed by atoms with van der Waals surface area (Å²) in [5, 5.41) is 12.7. The summed E-state index contributed by atoms with van der Waals surface area (Å²) in [7, 11) is 0. The molecule has 0 amide bonds. The topological polar surface area (TPSA) is 32.3 Å². The van der Waals surface area contributed by atoms with E-state index in [1.54, 1.807) is 18.2 Å². The molecule has 2 N–H and O–H groups in total. The molecule has 0 aromatic heterocycles. The van der Waals surface area contributed by atoms with E-state index in [-0.39, 0.29) is 12.4 Å². The Kier molecular flexibility index (Phi) is 4.12. The predicted molar refractivity (Wildman–Crippen MR) is 71.0 cm³/mol. The van der Waals surface area contributed by atoms with Crippen LogP contribution in [0.25, 0.3) is 0 Å². The number of hydrogen-bond donors (Lipinski definition) is 2. The highest BCUT2D eigenvalue weighted by molar-refractivity contribution is 5.47. The third-order valence-electron chi connectivity index (χ3n) is 2.84. The van der Waals surface area contributed by atoms with Gasteiger partial charge in [-0.25, -0.2) is 8.78 Å². The fourth-order valence-electron chi connectivity index (χ4n) is 1.81. The summed E-state index contributed by atoms with van der Waals surface area (Å²) >= 11 is 0. The molecule has 0 aliphatic heterocycles. The lowest BCUT2D eigenvalue weighted by atomic mass is 10.1. The minimum Gasteiger partial charge on any atom is -0.387 e. The highest BCUT2D eigenvalue weighted by Gasteiger charge is 2.09. The quantitative estimate of drug-likeness (QED) is 0.886. The van der Waals surface area contributed by atoms with Crippen LogP contribution >= 0.6 is 0 Å². The molecule has 100 valence electrons. The fraction of sp³-hybridized carbons (Fsp3) is 0.200. The van der Waals surface area contributed by atoms with E-state index in [4.69, 9.17) is 0 Å². The molecule has 2 aromatic carbocycles. The highest BCUT2D eigenvalue weighted by Crippen LogP contribution is 2.19. The molecule has 1 atom stereocenters. The van der Waals surface area contributed by atoms with Crippen molar-refractivity contribution in [3.8, 4) is 0 Å². The third-order valence-corrected chi connectivity index (χ3v) is 2.84. The van der Waals surface area contributed by atoms with Crippen LogP contribution in [0.5, 0.6) is 0 Å². The van der Waals surface area contributed by atoms with Crippen molar-refractivity contribution in [1.29, 1.82) is 0 Å². The molecule has 0 heterocycles. The lowest BCUT2D eigenvalue weighted by molar-refractivity contribution is 0.191. The molecule has 19 heavy (non-hydrogen) atoms. The van der Waals surface area contributed by atoms with E-state index in [0.29, 0.717) is 11.3 Å². The van der Waals surface area contributed by atoms with E-state index in [2.05, 4.69) is 5.32 Å². The van der Waals surface area contributed by atoms with E-state index in [0.717, 1.165) is 5.56 Å². The maximum Gasteiger partial charge on any atom is 0.146 e. The first-order valence-electron chi connectivity index (χ1n) is 6.00. The summed E-state index contributed by atoms with van der Waals surface area (Å²) in [5.41, 5.74) is 1.71. The lowest BCUT2D eigenvalue weighted by Gasteiger charge is -2.14. The molecular formula is C15H15F2NO. The predicted octanol–water partition coefficient (Wildman–Crippen LogP) is 3.42. The normalized spacial score (nSPS) is 12.2. The molecule has 0 saturated carbocycles. The van der Waals surface area contributed by atoms with Crippen molar-refractivity contribution < 1.29 is 13.9 Å². The number of hydrogen-bond acceptors (Lipinski definition) is 2. The van der Waals surface area contributed by atoms with Gasteiger partial charge >= 0.3 is 0 Å². The number of halogens is 2. The molecule has 4 heteroatoms. The molecular weight excluding hydrogens is 248 g/mol. The van der Waals surface area contributed by atoms with Gasteiger partial charge in [0.25, 0.3) is 0 Å². The van der Waals surface area contributed by atoms with Gasteiger partial charge in [-0.2, -0.15) is 0 Å². The van der Waals surface area contributed by atoms with E-state index in [1.807, 2.05) is 6.92 Å². The van der Waals surface area contributed by atoms with Crippen LogP contribution in [0.3, 0.4) is 0 Å². The van der Waals surface area contributed by atoms with Crippen molar-refractivity contribution in [2.45, 2.75) is 13.0 Å². The van der Waals surface area contributed by atoms with Crippen LogP contribution in [0, 0.1) is 18.6 Å². The Balaban J connectivity index is 2.04. The average Bonchev–Trinajstić information content (AvgIpc) is 2.39. The molecule has 0 fully saturated rings. The molecule has 0 aliphatic carbocycles. The Morgan fingerprint density at radius 1 is 1.16 bits per heavy atom. The Morgan fingerprint density at radius 3 is 2.68 bits per heavy atom. The van der Waals surface area contributed by atoms with Gasteiger partial charge in [-0.15, -0.1) is 0 Å². The summed E-state index contributed by atoms with van der Waals surface area (Å²) in [6, 6.07) is 10.4. The van der Waals surface area contributed by atoms with Crippen molar-refractivity contribution in [3.63, 3.8) is 0 Å². The standard InChI is InChI=1S/C15H15F2NO/c1-10-5-6-13(17)14(7-10)18-9-15(19)11-3-2-4-12(16)8-11/h2-8,15,18-19H,9H2,1H3. The molecule has 0 saturated heterocycles. The minimum atomic E-state index is -0.893. The molecule has 1 unspecified atom stereocenters. The van der Waals surface area contributed by atoms with Crippen LogP contribution in [0.4, 0.5) is 14.5 Å². The van der Waals surface area contributed by atoms with Gasteiger partial charge in [-0.3, -0.25) is 0 Å². The summed E-state index contributed by atoms with van der Waals surface area (Å²) in [4.78, 5) is 0. The second kappa shape index (κ2) is 5.80. The number of aryl methyl sites for hydroxylation is 1. The average molecular weight is 263 g/mol. The molecule has 2 nitrogen and oxygen atoms in total. The zero-order valence-electron chi connectivity index (χ0n) is 10.5. The van der Waals surface area contributed by atoms with Crippen LogP contribution in [-0.4, -0.2) is 11.7 Å². The largest absolute Gasteiger partial charge is 0.387 e. The Labute approximate surface area is 110 Å². The van der Waals surface area contributed by atoms with Crippen LogP contribution in [0.2, 0.25) is 0 Å². The summed E-state index contributed by atoms with van der Waals surface area (Å²) in [5.74, 6) is -0.782. The maximum atomic E-state index is 13.5. The van der Waals surface area contributed by atoms with Crippen LogP contribution < -0.4 is 5.32 Å². The number of aliphatic hydroxyl groups excluding tert-OH is 1. The van der Waals surface area contributed by atoms with Crippen LogP contribution in [0.15, 0.2) is 42.5 Å². The first kappa shape index (κ1) is 13.5. The number of aliphatic hydroxyl groups is 1. The Morgan fingerprint density at radius 2 is 1.95 bits per heavy atom. The zero-order valence-corrected chi connectivity index (χ0v) is 10.5. The first-order chi connectivity index (χ1) is 9.06. The Hall–Kier alpha value is -1.94. The second-order valence-corrected chi connectivity index (χ2v) is 4.44. The van der Waals surface area contributed by atoms with Crippen molar-refractivity contribution >= 4 is 5.69 Å². The summed E-state index contributed by atoms with van der Waals surface area (Å²) in [6.07, 6.45) is -0.893. The summed E-state index contributed by atoms with van der Waals surface area (Å²) < 4.78 is 26.5. The van der Waals surface area contributed by atoms with Crippen molar-refractivity contribution in [1.82, 2.24) is 0 Å². The van der Waals surface area contributed by atoms with Gasteiger partial charge < -0.3 is 10.4 Å². The van der Waals surface area contributed by atoms with Crippen LogP contribution in [-0.2, 0) is 0 Å². The van der Waals surface area contributed by atoms with Gasteiger partial charge in [-0.1, -0.05) is 18.2 Å². The Bertz CT molecular complexity index is 572. The first-order valence-corrected chi connectivity index (χ1v) is 6.00. The van der Waals surface area contributed by atoms with Gasteiger partial charge in [0.1, 0.15) is 11.6 Å². The van der Waals surface area contributed by atoms with E-state index in [9.17, 15) is 13.9 Å². The number of anilines is 1. The molecule has 0 bridgehead atoms. The lowest BCUT2D eigenvalue weighted by Crippen LogP contribution is -2.13. The van der Waals surface area contributed by atoms with E-state index < -0.39 is 11.9 Å². The number of nitrogens with one attached hydrogen (secondary N) is 1. The van der Waals surface area contributed by atoms with Gasteiger partial charge in [0, 0.05) is 6.54 Å². The monoisotopic (exact) mass is 263 g/mol. The van der Waals surface area contributed by atoms with Gasteiger partial charge in [0.05, 0.1) is 11.8 Å². The number of benzene rings is 2. The number of rotatable bonds is 4. The zero-order chi connectivity index (χ0) is 13.8. The maximum absolute atomic E-state index is 13.5. The SMILES string of the molecule is Cc1ccc(F)c(NCC(O)c2cccc(F)c2)c1. The van der Waals surface area contributed by atoms with Gasteiger partial charge in [0.2, 0.25) is 0 Å². The van der Waals surface area contributed by atoms with Crippen molar-refractivity contribution in [2.75, 3.05) is 11.9 Å². The van der Waals surface area contributed by atoms with Crippen molar-refractivity contribution in [2.24, 2.45) is 0 Å². The molecule has 2 rings (SSSR count). The smallest absolute Gasteiger partial charge is 0.146 e. The third kappa shape index (κ3) is 3.51. The van der Waals surface area contributed by atoms with Crippen LogP contribution in [0.1, 0.15) is 17.2 Å².